The van der Waals surface area contributed by atoms with Crippen molar-refractivity contribution in [3.05, 3.63) is 0 Å². The lowest BCUT2D eigenvalue weighted by Crippen LogP contribution is -2.44. The second kappa shape index (κ2) is 9.95. The Labute approximate surface area is 134 Å². The highest BCUT2D eigenvalue weighted by Crippen LogP contribution is 2.22. The highest BCUT2D eigenvalue weighted by atomic mass is 16.5. The van der Waals surface area contributed by atoms with E-state index < -0.39 is 0 Å². The minimum absolute atomic E-state index is 0.0712. The van der Waals surface area contributed by atoms with E-state index in [9.17, 15) is 9.59 Å². The Morgan fingerprint density at radius 2 is 1.82 bits per heavy atom. The predicted octanol–water partition coefficient (Wildman–Crippen LogP) is 2.20. The number of hydrogen-bond acceptors (Lipinski definition) is 4. The van der Waals surface area contributed by atoms with Gasteiger partial charge in [0.05, 0.1) is 12.8 Å². The average Bonchev–Trinajstić information content (AvgIpc) is 2.56. The number of carbonyl (C=O) groups excluding carboxylic acids is 2. The van der Waals surface area contributed by atoms with Crippen molar-refractivity contribution in [3.8, 4) is 0 Å². The van der Waals surface area contributed by atoms with E-state index in [0.717, 1.165) is 38.8 Å². The number of piperidine rings is 1. The molecule has 0 aromatic rings. The van der Waals surface area contributed by atoms with E-state index in [4.69, 9.17) is 4.74 Å². The molecule has 0 spiro atoms. The molecule has 0 aliphatic carbocycles. The lowest BCUT2D eigenvalue weighted by molar-refractivity contribution is -0.130. The van der Waals surface area contributed by atoms with Gasteiger partial charge in [-0.1, -0.05) is 20.8 Å². The Balaban J connectivity index is 2.20. The number of rotatable bonds is 9. The van der Waals surface area contributed by atoms with Gasteiger partial charge in [-0.05, 0) is 32.6 Å². The third-order valence-electron chi connectivity index (χ3n) is 4.66. The third kappa shape index (κ3) is 6.44. The lowest BCUT2D eigenvalue weighted by Gasteiger charge is -2.32. The van der Waals surface area contributed by atoms with E-state index in [2.05, 4.69) is 17.1 Å². The van der Waals surface area contributed by atoms with Crippen molar-refractivity contribution in [1.29, 1.82) is 0 Å². The van der Waals surface area contributed by atoms with Crippen molar-refractivity contribution in [1.82, 2.24) is 10.2 Å². The van der Waals surface area contributed by atoms with Crippen LogP contribution in [0.4, 0.5) is 0 Å². The monoisotopic (exact) mass is 312 g/mol. The zero-order valence-electron chi connectivity index (χ0n) is 14.6. The lowest BCUT2D eigenvalue weighted by atomic mass is 9.85. The summed E-state index contributed by atoms with van der Waals surface area (Å²) in [5, 5.41) is 2.89. The molecule has 5 nitrogen and oxygen atoms in total. The largest absolute Gasteiger partial charge is 0.369 e. The highest BCUT2D eigenvalue weighted by Gasteiger charge is 2.27. The molecule has 2 atom stereocenters. The minimum atomic E-state index is -0.0712. The Morgan fingerprint density at radius 3 is 2.36 bits per heavy atom. The summed E-state index contributed by atoms with van der Waals surface area (Å²) < 4.78 is 5.40. The van der Waals surface area contributed by atoms with Gasteiger partial charge in [0.15, 0.2) is 0 Å². The number of likely N-dealkylation sites (tertiary alicyclic amines) is 1. The van der Waals surface area contributed by atoms with Crippen LogP contribution in [0.15, 0.2) is 0 Å². The summed E-state index contributed by atoms with van der Waals surface area (Å²) in [6.07, 6.45) is 3.76. The van der Waals surface area contributed by atoms with E-state index in [1.807, 2.05) is 20.8 Å². The number of hydrogen-bond donors (Lipinski definition) is 1. The first-order valence-corrected chi connectivity index (χ1v) is 8.62. The number of ether oxygens (including phenoxy) is 1. The van der Waals surface area contributed by atoms with Gasteiger partial charge in [-0.25, -0.2) is 0 Å². The van der Waals surface area contributed by atoms with Gasteiger partial charge in [-0.15, -0.1) is 0 Å². The standard InChI is InChI=1S/C17H32N2O3/c1-5-13(3)17(21)15-7-9-19(10-8-15)12-18-16(20)11-22-14(4)6-2/h13-15H,5-12H2,1-4H3,(H,18,20). The zero-order chi connectivity index (χ0) is 16.5. The van der Waals surface area contributed by atoms with Crippen LogP contribution >= 0.6 is 0 Å². The van der Waals surface area contributed by atoms with Gasteiger partial charge in [0, 0.05) is 24.9 Å². The molecule has 5 heteroatoms. The Kier molecular flexibility index (Phi) is 8.64. The average molecular weight is 312 g/mol. The molecule has 0 aromatic carbocycles. The van der Waals surface area contributed by atoms with Crippen LogP contribution in [0.1, 0.15) is 53.4 Å². The molecule has 0 bridgehead atoms. The van der Waals surface area contributed by atoms with Crippen molar-refractivity contribution < 1.29 is 14.3 Å². The first kappa shape index (κ1) is 19.1. The topological polar surface area (TPSA) is 58.6 Å². The molecule has 1 rings (SSSR count). The summed E-state index contributed by atoms with van der Waals surface area (Å²) >= 11 is 0. The summed E-state index contributed by atoms with van der Waals surface area (Å²) in [5.74, 6) is 0.718. The molecule has 0 radical (unpaired) electrons. The zero-order valence-corrected chi connectivity index (χ0v) is 14.6. The van der Waals surface area contributed by atoms with Crippen molar-refractivity contribution >= 4 is 11.7 Å². The van der Waals surface area contributed by atoms with Gasteiger partial charge in [0.25, 0.3) is 0 Å². The first-order valence-electron chi connectivity index (χ1n) is 8.62. The molecule has 2 unspecified atom stereocenters. The van der Waals surface area contributed by atoms with Crippen LogP contribution in [0.25, 0.3) is 0 Å². The van der Waals surface area contributed by atoms with Crippen LogP contribution < -0.4 is 5.32 Å². The molecule has 1 saturated heterocycles. The molecule has 1 aliphatic heterocycles. The van der Waals surface area contributed by atoms with Gasteiger partial charge >= 0.3 is 0 Å². The molecule has 1 aliphatic rings. The molecular formula is C17H32N2O3. The number of carbonyl (C=O) groups is 2. The maximum absolute atomic E-state index is 12.2. The Hall–Kier alpha value is -0.940. The maximum Gasteiger partial charge on any atom is 0.247 e. The quantitative estimate of drug-likeness (QED) is 0.709. The predicted molar refractivity (Wildman–Crippen MR) is 87.5 cm³/mol. The summed E-state index contributed by atoms with van der Waals surface area (Å²) in [6, 6.07) is 0. The van der Waals surface area contributed by atoms with Crippen LogP contribution in [-0.4, -0.2) is 49.1 Å². The number of ketones is 1. The molecule has 22 heavy (non-hydrogen) atoms. The number of Topliss-reactive ketones (excluding diaryl/α,β-unsaturated/α-hetero) is 1. The SMILES string of the molecule is CCC(C)OCC(=O)NCN1CCC(C(=O)C(C)CC)CC1. The van der Waals surface area contributed by atoms with E-state index in [1.54, 1.807) is 0 Å². The Morgan fingerprint density at radius 1 is 1.18 bits per heavy atom. The van der Waals surface area contributed by atoms with Crippen molar-refractivity contribution in [2.45, 2.75) is 59.5 Å². The van der Waals surface area contributed by atoms with Crippen molar-refractivity contribution in [3.63, 3.8) is 0 Å². The van der Waals surface area contributed by atoms with Gasteiger partial charge in [-0.3, -0.25) is 14.5 Å². The summed E-state index contributed by atoms with van der Waals surface area (Å²) in [7, 11) is 0. The van der Waals surface area contributed by atoms with Gasteiger partial charge < -0.3 is 10.1 Å². The first-order chi connectivity index (χ1) is 10.5. The van der Waals surface area contributed by atoms with E-state index in [0.29, 0.717) is 12.5 Å². The van der Waals surface area contributed by atoms with Crippen LogP contribution in [0.3, 0.4) is 0 Å². The molecule has 1 amide bonds. The number of amides is 1. The number of nitrogens with one attached hydrogen (secondary N) is 1. The summed E-state index contributed by atoms with van der Waals surface area (Å²) in [6.45, 7) is 10.5. The fourth-order valence-electron chi connectivity index (χ4n) is 2.57. The van der Waals surface area contributed by atoms with Crippen LogP contribution in [0.5, 0.6) is 0 Å². The minimum Gasteiger partial charge on any atom is -0.369 e. The second-order valence-electron chi connectivity index (χ2n) is 6.39. The van der Waals surface area contributed by atoms with Gasteiger partial charge in [0.1, 0.15) is 12.4 Å². The number of nitrogens with zero attached hydrogens (tertiary/aromatic N) is 1. The van der Waals surface area contributed by atoms with Crippen LogP contribution in [0.2, 0.25) is 0 Å². The molecular weight excluding hydrogens is 280 g/mol. The fraction of sp³-hybridized carbons (Fsp3) is 0.882. The fourth-order valence-corrected chi connectivity index (χ4v) is 2.57. The third-order valence-corrected chi connectivity index (χ3v) is 4.66. The molecule has 0 aromatic heterocycles. The van der Waals surface area contributed by atoms with Crippen LogP contribution in [-0.2, 0) is 14.3 Å². The molecule has 1 fully saturated rings. The van der Waals surface area contributed by atoms with Crippen LogP contribution in [0, 0.1) is 11.8 Å². The van der Waals surface area contributed by atoms with Crippen molar-refractivity contribution in [2.24, 2.45) is 11.8 Å². The van der Waals surface area contributed by atoms with Gasteiger partial charge in [-0.2, -0.15) is 0 Å². The molecule has 0 saturated carbocycles. The van der Waals surface area contributed by atoms with Crippen molar-refractivity contribution in [2.75, 3.05) is 26.4 Å². The second-order valence-corrected chi connectivity index (χ2v) is 6.39. The van der Waals surface area contributed by atoms with Gasteiger partial charge in [0.2, 0.25) is 5.91 Å². The van der Waals surface area contributed by atoms with E-state index in [1.165, 1.54) is 0 Å². The molecule has 1 N–H and O–H groups in total. The summed E-state index contributed by atoms with van der Waals surface area (Å²) in [5.41, 5.74) is 0. The molecule has 128 valence electrons. The summed E-state index contributed by atoms with van der Waals surface area (Å²) in [4.78, 5) is 26.1. The highest BCUT2D eigenvalue weighted by molar-refractivity contribution is 5.83. The van der Waals surface area contributed by atoms with E-state index >= 15 is 0 Å². The molecule has 1 heterocycles. The van der Waals surface area contributed by atoms with E-state index in [-0.39, 0.29) is 30.5 Å². The smallest absolute Gasteiger partial charge is 0.247 e. The normalized spacial score (nSPS) is 19.6. The Bertz CT molecular complexity index is 352. The maximum atomic E-state index is 12.2.